The van der Waals surface area contributed by atoms with Crippen LogP contribution < -0.4 is 9.47 Å². The lowest BCUT2D eigenvalue weighted by Gasteiger charge is -2.39. The van der Waals surface area contributed by atoms with Gasteiger partial charge in [0, 0.05) is 26.2 Å². The molecule has 2 aromatic carbocycles. The third-order valence-corrected chi connectivity index (χ3v) is 8.31. The topological polar surface area (TPSA) is 96.5 Å². The fourth-order valence-electron chi connectivity index (χ4n) is 6.04. The smallest absolute Gasteiger partial charge is 0.262 e. The highest BCUT2D eigenvalue weighted by Crippen LogP contribution is 2.41. The van der Waals surface area contributed by atoms with E-state index in [4.69, 9.17) is 9.47 Å². The van der Waals surface area contributed by atoms with E-state index in [1.807, 2.05) is 11.8 Å². The molecule has 3 aliphatic rings. The zero-order valence-electron chi connectivity index (χ0n) is 22.1. The molecule has 2 aromatic rings. The second kappa shape index (κ2) is 10.1. The zero-order chi connectivity index (χ0) is 27.0. The van der Waals surface area contributed by atoms with E-state index in [1.165, 1.54) is 0 Å². The van der Waals surface area contributed by atoms with Crippen molar-refractivity contribution in [3.05, 3.63) is 59.2 Å². The minimum Gasteiger partial charge on any atom is -0.497 e. The van der Waals surface area contributed by atoms with Crippen molar-refractivity contribution < 1.29 is 28.7 Å². The molecule has 1 spiro atoms. The Hall–Kier alpha value is -3.88. The number of benzene rings is 2. The zero-order valence-corrected chi connectivity index (χ0v) is 22.1. The first-order valence-corrected chi connectivity index (χ1v) is 13.1. The number of carbonyl (C=O) groups is 4. The summed E-state index contributed by atoms with van der Waals surface area (Å²) in [5.41, 5.74) is 1.10. The molecule has 38 heavy (non-hydrogen) atoms. The first-order chi connectivity index (χ1) is 18.3. The summed E-state index contributed by atoms with van der Waals surface area (Å²) in [5.74, 6) is 0.0133. The Labute approximate surface area is 222 Å². The summed E-state index contributed by atoms with van der Waals surface area (Å²) in [5, 5.41) is 0. The Kier molecular flexibility index (Phi) is 6.86. The van der Waals surface area contributed by atoms with E-state index in [0.29, 0.717) is 60.8 Å². The van der Waals surface area contributed by atoms with Crippen LogP contribution >= 0.6 is 0 Å². The van der Waals surface area contributed by atoms with Gasteiger partial charge in [0.15, 0.2) is 0 Å². The molecule has 0 N–H and O–H groups in total. The minimum atomic E-state index is -0.820. The summed E-state index contributed by atoms with van der Waals surface area (Å²) in [7, 11) is 3.10. The van der Waals surface area contributed by atoms with Gasteiger partial charge in [-0.05, 0) is 61.4 Å². The monoisotopic (exact) mass is 519 g/mol. The molecule has 9 nitrogen and oxygen atoms in total. The van der Waals surface area contributed by atoms with Crippen molar-refractivity contribution >= 4 is 23.6 Å². The van der Waals surface area contributed by atoms with Gasteiger partial charge in [-0.2, -0.15) is 0 Å². The molecule has 0 aromatic heterocycles. The number of ether oxygens (including phenoxy) is 2. The van der Waals surface area contributed by atoms with Crippen LogP contribution in [0.3, 0.4) is 0 Å². The lowest BCUT2D eigenvalue weighted by molar-refractivity contribution is -0.135. The highest BCUT2D eigenvalue weighted by Gasteiger charge is 2.47. The Bertz CT molecular complexity index is 1250. The number of imide groups is 1. The van der Waals surface area contributed by atoms with Crippen molar-refractivity contribution in [2.24, 2.45) is 5.41 Å². The van der Waals surface area contributed by atoms with Gasteiger partial charge < -0.3 is 19.3 Å². The number of likely N-dealkylation sites (tertiary alicyclic amines) is 2. The third kappa shape index (κ3) is 4.29. The second-order valence-electron chi connectivity index (χ2n) is 10.3. The Morgan fingerprint density at radius 3 is 2.05 bits per heavy atom. The predicted octanol–water partition coefficient (Wildman–Crippen LogP) is 3.23. The van der Waals surface area contributed by atoms with E-state index >= 15 is 0 Å². The van der Waals surface area contributed by atoms with Crippen LogP contribution in [0, 0.1) is 5.41 Å². The molecular weight excluding hydrogens is 486 g/mol. The molecule has 1 atom stereocenters. The number of amides is 4. The minimum absolute atomic E-state index is 0.0782. The quantitative estimate of drug-likeness (QED) is 0.544. The van der Waals surface area contributed by atoms with Crippen molar-refractivity contribution in [3.63, 3.8) is 0 Å². The van der Waals surface area contributed by atoms with Crippen LogP contribution in [0.25, 0.3) is 0 Å². The fraction of sp³-hybridized carbons (Fsp3) is 0.448. The van der Waals surface area contributed by atoms with Crippen LogP contribution in [-0.2, 0) is 4.79 Å². The van der Waals surface area contributed by atoms with Gasteiger partial charge >= 0.3 is 0 Å². The number of methoxy groups -OCH3 is 2. The van der Waals surface area contributed by atoms with E-state index in [0.717, 1.165) is 24.2 Å². The van der Waals surface area contributed by atoms with E-state index < -0.39 is 17.9 Å². The molecule has 4 amide bonds. The molecule has 9 heteroatoms. The Morgan fingerprint density at radius 1 is 0.895 bits per heavy atom. The molecule has 3 aliphatic heterocycles. The highest BCUT2D eigenvalue weighted by atomic mass is 16.5. The maximum Gasteiger partial charge on any atom is 0.262 e. The Morgan fingerprint density at radius 2 is 1.50 bits per heavy atom. The van der Waals surface area contributed by atoms with Crippen molar-refractivity contribution in [1.29, 1.82) is 0 Å². The lowest BCUT2D eigenvalue weighted by atomic mass is 9.77. The van der Waals surface area contributed by atoms with Crippen LogP contribution in [0.5, 0.6) is 11.5 Å². The normalized spacial score (nSPS) is 19.1. The number of carbonyl (C=O) groups excluding carboxylic acids is 4. The molecule has 200 valence electrons. The van der Waals surface area contributed by atoms with E-state index in [1.54, 1.807) is 61.6 Å². The van der Waals surface area contributed by atoms with Gasteiger partial charge in [0.05, 0.1) is 30.9 Å². The average Bonchev–Trinajstić information content (AvgIpc) is 3.48. The molecule has 0 bridgehead atoms. The standard InChI is InChI=1S/C29H33N3O6/c1-4-23(32-26(34)20-7-5-6-8-21(20)27(32)35)28(36)31-16-13-29(18-31)11-14-30(15-12-29)25(33)22-17-19(37-2)9-10-24(22)38-3/h5-10,17,23H,4,11-16,18H2,1-3H3. The van der Waals surface area contributed by atoms with Crippen LogP contribution in [0.4, 0.5) is 0 Å². The van der Waals surface area contributed by atoms with E-state index in [-0.39, 0.29) is 17.2 Å². The summed E-state index contributed by atoms with van der Waals surface area (Å²) in [6.45, 7) is 4.13. The molecular formula is C29H33N3O6. The van der Waals surface area contributed by atoms with Crippen molar-refractivity contribution in [3.8, 4) is 11.5 Å². The first-order valence-electron chi connectivity index (χ1n) is 13.1. The molecule has 2 fully saturated rings. The summed E-state index contributed by atoms with van der Waals surface area (Å²) in [6, 6.07) is 11.1. The van der Waals surface area contributed by atoms with Crippen LogP contribution in [-0.4, -0.2) is 84.8 Å². The van der Waals surface area contributed by atoms with Gasteiger partial charge in [0.25, 0.3) is 17.7 Å². The third-order valence-electron chi connectivity index (χ3n) is 8.31. The molecule has 0 saturated carbocycles. The average molecular weight is 520 g/mol. The van der Waals surface area contributed by atoms with Crippen molar-refractivity contribution in [1.82, 2.24) is 14.7 Å². The van der Waals surface area contributed by atoms with Gasteiger partial charge in [-0.3, -0.25) is 24.1 Å². The largest absolute Gasteiger partial charge is 0.497 e. The van der Waals surface area contributed by atoms with Gasteiger partial charge in [0.1, 0.15) is 17.5 Å². The maximum absolute atomic E-state index is 13.6. The highest BCUT2D eigenvalue weighted by molar-refractivity contribution is 6.22. The molecule has 2 saturated heterocycles. The van der Waals surface area contributed by atoms with E-state index in [2.05, 4.69) is 0 Å². The summed E-state index contributed by atoms with van der Waals surface area (Å²) in [4.78, 5) is 57.7. The van der Waals surface area contributed by atoms with Gasteiger partial charge in [-0.25, -0.2) is 0 Å². The lowest BCUT2D eigenvalue weighted by Crippen LogP contribution is -2.51. The first kappa shape index (κ1) is 25.8. The number of nitrogens with zero attached hydrogens (tertiary/aromatic N) is 3. The second-order valence-corrected chi connectivity index (χ2v) is 10.3. The number of hydrogen-bond donors (Lipinski definition) is 0. The summed E-state index contributed by atoms with van der Waals surface area (Å²) in [6.07, 6.45) is 2.75. The van der Waals surface area contributed by atoms with Gasteiger partial charge in [0.2, 0.25) is 5.91 Å². The van der Waals surface area contributed by atoms with E-state index in [9.17, 15) is 19.2 Å². The van der Waals surface area contributed by atoms with Crippen molar-refractivity contribution in [2.45, 2.75) is 38.6 Å². The van der Waals surface area contributed by atoms with Crippen molar-refractivity contribution in [2.75, 3.05) is 40.4 Å². The van der Waals surface area contributed by atoms with Crippen LogP contribution in [0.15, 0.2) is 42.5 Å². The fourth-order valence-corrected chi connectivity index (χ4v) is 6.04. The number of rotatable bonds is 6. The summed E-state index contributed by atoms with van der Waals surface area (Å²) < 4.78 is 10.7. The van der Waals surface area contributed by atoms with Gasteiger partial charge in [-0.15, -0.1) is 0 Å². The number of fused-ring (bicyclic) bond motifs is 1. The molecule has 5 rings (SSSR count). The molecule has 3 heterocycles. The number of hydrogen-bond acceptors (Lipinski definition) is 6. The molecule has 1 unspecified atom stereocenters. The van der Waals surface area contributed by atoms with Crippen LogP contribution in [0.2, 0.25) is 0 Å². The van der Waals surface area contributed by atoms with Crippen LogP contribution in [0.1, 0.15) is 63.7 Å². The molecule has 0 radical (unpaired) electrons. The van der Waals surface area contributed by atoms with Gasteiger partial charge in [-0.1, -0.05) is 19.1 Å². The summed E-state index contributed by atoms with van der Waals surface area (Å²) >= 11 is 0. The number of piperidine rings is 1. The Balaban J connectivity index is 1.24. The molecule has 0 aliphatic carbocycles. The maximum atomic E-state index is 13.6. The SMILES string of the molecule is CCC(C(=O)N1CCC2(CCN(C(=O)c3cc(OC)ccc3OC)CC2)C1)N1C(=O)c2ccccc2C1=O. The predicted molar refractivity (Wildman–Crippen MR) is 139 cm³/mol.